The summed E-state index contributed by atoms with van der Waals surface area (Å²) in [4.78, 5) is 0. The first-order chi connectivity index (χ1) is 3.30. The second-order valence-corrected chi connectivity index (χ2v) is 4.66. The summed E-state index contributed by atoms with van der Waals surface area (Å²) in [6.45, 7) is 0. The average molecular weight is 244 g/mol. The van der Waals surface area contributed by atoms with Gasteiger partial charge in [-0.15, -0.1) is 11.8 Å². The fourth-order valence-electron chi connectivity index (χ4n) is 0.407. The number of rotatable bonds is 0. The normalized spacial score (nSPS) is 21.4. The predicted molar refractivity (Wildman–Crippen MR) is 42.0 cm³/mol. The maximum atomic E-state index is 3.42. The highest BCUT2D eigenvalue weighted by Gasteiger charge is 2.08. The summed E-state index contributed by atoms with van der Waals surface area (Å²) in [7, 11) is 0. The van der Waals surface area contributed by atoms with Gasteiger partial charge >= 0.3 is 0 Å². The predicted octanol–water partition coefficient (Wildman–Crippen LogP) is 3.08. The van der Waals surface area contributed by atoms with Crippen molar-refractivity contribution in [2.24, 2.45) is 0 Å². The van der Waals surface area contributed by atoms with Crippen LogP contribution in [0.1, 0.15) is 6.42 Å². The molecule has 0 aromatic carbocycles. The molecule has 1 rings (SSSR count). The van der Waals surface area contributed by atoms with Crippen molar-refractivity contribution in [3.63, 3.8) is 0 Å². The van der Waals surface area contributed by atoms with Crippen molar-refractivity contribution in [3.05, 3.63) is 8.30 Å². The molecule has 0 bridgehead atoms. The van der Waals surface area contributed by atoms with Gasteiger partial charge < -0.3 is 0 Å². The summed E-state index contributed by atoms with van der Waals surface area (Å²) < 4.78 is 2.59. The van der Waals surface area contributed by atoms with E-state index in [0.717, 1.165) is 0 Å². The molecule has 0 amide bonds. The van der Waals surface area contributed by atoms with Crippen molar-refractivity contribution in [1.82, 2.24) is 0 Å². The molecule has 0 spiro atoms. The third kappa shape index (κ3) is 1.47. The highest BCUT2D eigenvalue weighted by atomic mass is 79.9. The smallest absolute Gasteiger partial charge is 0.0604 e. The Bertz CT molecular complexity index is 96.3. The Morgan fingerprint density at radius 2 is 2.14 bits per heavy atom. The van der Waals surface area contributed by atoms with Gasteiger partial charge in [0.1, 0.15) is 0 Å². The summed E-state index contributed by atoms with van der Waals surface area (Å²) in [5, 5.41) is 0. The monoisotopic (exact) mass is 242 g/mol. The summed E-state index contributed by atoms with van der Waals surface area (Å²) in [5.41, 5.74) is 0. The molecular weight excluding hydrogens is 240 g/mol. The molecule has 1 aliphatic heterocycles. The van der Waals surface area contributed by atoms with Crippen LogP contribution in [0.4, 0.5) is 0 Å². The topological polar surface area (TPSA) is 0 Å². The molecule has 1 heterocycles. The van der Waals surface area contributed by atoms with Crippen molar-refractivity contribution < 1.29 is 0 Å². The Labute approximate surface area is 64.0 Å². The van der Waals surface area contributed by atoms with Gasteiger partial charge in [-0.1, -0.05) is 15.9 Å². The minimum absolute atomic E-state index is 1.19. The third-order valence-electron chi connectivity index (χ3n) is 0.764. The van der Waals surface area contributed by atoms with E-state index in [2.05, 4.69) is 31.9 Å². The van der Waals surface area contributed by atoms with E-state index in [0.29, 0.717) is 0 Å². The number of halogens is 2. The van der Waals surface area contributed by atoms with E-state index in [1.807, 2.05) is 11.8 Å². The van der Waals surface area contributed by atoms with Gasteiger partial charge in [0.15, 0.2) is 0 Å². The van der Waals surface area contributed by atoms with E-state index in [-0.39, 0.29) is 0 Å². The molecule has 40 valence electrons. The molecule has 0 fully saturated rings. The summed E-state index contributed by atoms with van der Waals surface area (Å²) >= 11 is 8.67. The lowest BCUT2D eigenvalue weighted by Crippen LogP contribution is -1.62. The molecule has 0 atom stereocenters. The van der Waals surface area contributed by atoms with Gasteiger partial charge in [-0.05, 0) is 22.4 Å². The quantitative estimate of drug-likeness (QED) is 0.630. The summed E-state index contributed by atoms with van der Waals surface area (Å²) in [6, 6.07) is 0. The lowest BCUT2D eigenvalue weighted by atomic mass is 10.5. The Morgan fingerprint density at radius 1 is 1.43 bits per heavy atom. The average Bonchev–Trinajstić information content (AvgIpc) is 1.91. The molecule has 0 aromatic heterocycles. The van der Waals surface area contributed by atoms with Crippen LogP contribution >= 0.6 is 43.6 Å². The van der Waals surface area contributed by atoms with Crippen LogP contribution in [0.25, 0.3) is 0 Å². The van der Waals surface area contributed by atoms with Crippen LogP contribution in [-0.4, -0.2) is 5.75 Å². The largest absolute Gasteiger partial charge is 0.118 e. The van der Waals surface area contributed by atoms with E-state index < -0.39 is 0 Å². The SMILES string of the molecule is BrC1=C(Br)SCC1. The van der Waals surface area contributed by atoms with Crippen molar-refractivity contribution in [2.75, 3.05) is 5.75 Å². The minimum Gasteiger partial charge on any atom is -0.118 e. The zero-order chi connectivity index (χ0) is 5.28. The molecule has 0 saturated heterocycles. The highest BCUT2D eigenvalue weighted by Crippen LogP contribution is 2.38. The molecule has 3 heteroatoms. The van der Waals surface area contributed by atoms with Gasteiger partial charge in [0.2, 0.25) is 0 Å². The lowest BCUT2D eigenvalue weighted by Gasteiger charge is -1.81. The van der Waals surface area contributed by atoms with Crippen molar-refractivity contribution in [2.45, 2.75) is 6.42 Å². The Hall–Kier alpha value is 1.05. The van der Waals surface area contributed by atoms with Gasteiger partial charge in [-0.3, -0.25) is 0 Å². The van der Waals surface area contributed by atoms with E-state index in [4.69, 9.17) is 0 Å². The Balaban J connectivity index is 2.64. The van der Waals surface area contributed by atoms with E-state index in [9.17, 15) is 0 Å². The van der Waals surface area contributed by atoms with E-state index in [1.54, 1.807) is 0 Å². The first kappa shape index (κ1) is 6.17. The van der Waals surface area contributed by atoms with Crippen molar-refractivity contribution >= 4 is 43.6 Å². The molecule has 7 heavy (non-hydrogen) atoms. The summed E-state index contributed by atoms with van der Waals surface area (Å²) in [5.74, 6) is 1.22. The van der Waals surface area contributed by atoms with Crippen LogP contribution < -0.4 is 0 Å². The zero-order valence-corrected chi connectivity index (χ0v) is 7.57. The molecule has 1 aliphatic rings. The third-order valence-corrected chi connectivity index (χ3v) is 4.42. The molecule has 0 nitrogen and oxygen atoms in total. The van der Waals surface area contributed by atoms with Crippen LogP contribution in [-0.2, 0) is 0 Å². The molecule has 0 saturated carbocycles. The van der Waals surface area contributed by atoms with Gasteiger partial charge in [0, 0.05) is 10.2 Å². The van der Waals surface area contributed by atoms with Crippen LogP contribution in [0.3, 0.4) is 0 Å². The fraction of sp³-hybridized carbons (Fsp3) is 0.500. The molecular formula is C4H4Br2S. The fourth-order valence-corrected chi connectivity index (χ4v) is 2.64. The van der Waals surface area contributed by atoms with Crippen molar-refractivity contribution in [1.29, 1.82) is 0 Å². The van der Waals surface area contributed by atoms with Crippen molar-refractivity contribution in [3.8, 4) is 0 Å². The second-order valence-electron chi connectivity index (χ2n) is 1.28. The first-order valence-electron chi connectivity index (χ1n) is 1.97. The second kappa shape index (κ2) is 2.55. The van der Waals surface area contributed by atoms with Gasteiger partial charge in [-0.2, -0.15) is 0 Å². The molecule has 0 aliphatic carbocycles. The number of hydrogen-bond donors (Lipinski definition) is 0. The Morgan fingerprint density at radius 3 is 2.29 bits per heavy atom. The van der Waals surface area contributed by atoms with Gasteiger partial charge in [0.05, 0.1) is 3.81 Å². The van der Waals surface area contributed by atoms with Gasteiger partial charge in [0.25, 0.3) is 0 Å². The highest BCUT2D eigenvalue weighted by molar-refractivity contribution is 9.15. The van der Waals surface area contributed by atoms with Crippen LogP contribution in [0, 0.1) is 0 Å². The molecule has 0 radical (unpaired) electrons. The van der Waals surface area contributed by atoms with Gasteiger partial charge in [-0.25, -0.2) is 0 Å². The standard InChI is InChI=1S/C4H4Br2S/c5-3-1-2-7-4(3)6/h1-2H2. The number of hydrogen-bond acceptors (Lipinski definition) is 1. The Kier molecular flexibility index (Phi) is 2.25. The molecule has 0 unspecified atom stereocenters. The van der Waals surface area contributed by atoms with Crippen LogP contribution in [0.15, 0.2) is 8.30 Å². The van der Waals surface area contributed by atoms with Crippen LogP contribution in [0.2, 0.25) is 0 Å². The maximum absolute atomic E-state index is 3.42. The van der Waals surface area contributed by atoms with E-state index in [1.165, 1.54) is 20.5 Å². The molecule has 0 aromatic rings. The zero-order valence-electron chi connectivity index (χ0n) is 3.58. The number of thioether (sulfide) groups is 1. The minimum atomic E-state index is 1.19. The van der Waals surface area contributed by atoms with E-state index >= 15 is 0 Å². The van der Waals surface area contributed by atoms with Crippen LogP contribution in [0.5, 0.6) is 0 Å². The first-order valence-corrected chi connectivity index (χ1v) is 4.55. The maximum Gasteiger partial charge on any atom is 0.0604 e. The number of allylic oxidation sites excluding steroid dienone is 1. The lowest BCUT2D eigenvalue weighted by molar-refractivity contribution is 1.26. The summed E-state index contributed by atoms with van der Waals surface area (Å²) in [6.07, 6.45) is 1.19. The molecule has 0 N–H and O–H groups in total.